The molecule has 1 fully saturated rings. The first-order chi connectivity index (χ1) is 14.5. The highest BCUT2D eigenvalue weighted by Crippen LogP contribution is 2.20. The summed E-state index contributed by atoms with van der Waals surface area (Å²) in [6.45, 7) is 6.60. The zero-order chi connectivity index (χ0) is 21.1. The van der Waals surface area contributed by atoms with Crippen molar-refractivity contribution in [1.82, 2.24) is 19.6 Å². The second-order valence-corrected chi connectivity index (χ2v) is 8.18. The molecule has 1 aliphatic rings. The molecule has 2 aromatic heterocycles. The molecule has 1 saturated heterocycles. The van der Waals surface area contributed by atoms with E-state index in [9.17, 15) is 9.59 Å². The summed E-state index contributed by atoms with van der Waals surface area (Å²) < 4.78 is 1.41. The molecule has 0 spiro atoms. The normalized spacial score (nSPS) is 17.2. The van der Waals surface area contributed by atoms with Gasteiger partial charge in [0.15, 0.2) is 0 Å². The summed E-state index contributed by atoms with van der Waals surface area (Å²) >= 11 is 0. The maximum absolute atomic E-state index is 12.7. The van der Waals surface area contributed by atoms with E-state index >= 15 is 0 Å². The number of carbonyl (C=O) groups excluding carboxylic acids is 1. The van der Waals surface area contributed by atoms with Crippen LogP contribution in [0.2, 0.25) is 0 Å². The lowest BCUT2D eigenvalue weighted by atomic mass is 10.0. The van der Waals surface area contributed by atoms with E-state index in [4.69, 9.17) is 0 Å². The SMILES string of the molecule is Cc1ccn2c(=O)c(C(=O)NCc3ccccc3CN3CCCC[C@@H]3C)cnc2c1. The Hall–Kier alpha value is -2.99. The number of likely N-dealkylation sites (tertiary alicyclic amines) is 1. The number of carbonyl (C=O) groups is 1. The van der Waals surface area contributed by atoms with E-state index in [2.05, 4.69) is 28.2 Å². The van der Waals surface area contributed by atoms with E-state index in [1.807, 2.05) is 37.3 Å². The summed E-state index contributed by atoms with van der Waals surface area (Å²) in [5.41, 5.74) is 3.55. The van der Waals surface area contributed by atoms with Gasteiger partial charge in [-0.2, -0.15) is 0 Å². The Morgan fingerprint density at radius 2 is 2.00 bits per heavy atom. The lowest BCUT2D eigenvalue weighted by molar-refractivity contribution is 0.0948. The quantitative estimate of drug-likeness (QED) is 0.709. The summed E-state index contributed by atoms with van der Waals surface area (Å²) in [7, 11) is 0. The number of amides is 1. The Balaban J connectivity index is 1.49. The Morgan fingerprint density at radius 3 is 2.80 bits per heavy atom. The highest BCUT2D eigenvalue weighted by atomic mass is 16.2. The van der Waals surface area contributed by atoms with Crippen molar-refractivity contribution in [3.8, 4) is 0 Å². The molecule has 1 amide bonds. The Bertz CT molecular complexity index is 1120. The number of nitrogens with zero attached hydrogens (tertiary/aromatic N) is 3. The van der Waals surface area contributed by atoms with Crippen molar-refractivity contribution < 1.29 is 4.79 Å². The van der Waals surface area contributed by atoms with E-state index < -0.39 is 5.91 Å². The summed E-state index contributed by atoms with van der Waals surface area (Å²) in [4.78, 5) is 32.2. The largest absolute Gasteiger partial charge is 0.348 e. The summed E-state index contributed by atoms with van der Waals surface area (Å²) in [5, 5.41) is 2.91. The zero-order valence-corrected chi connectivity index (χ0v) is 17.6. The first-order valence-corrected chi connectivity index (χ1v) is 10.6. The average Bonchev–Trinajstić information content (AvgIpc) is 2.74. The highest BCUT2D eigenvalue weighted by molar-refractivity contribution is 5.93. The Morgan fingerprint density at radius 1 is 1.20 bits per heavy atom. The molecule has 1 aromatic carbocycles. The number of nitrogens with one attached hydrogen (secondary N) is 1. The second-order valence-electron chi connectivity index (χ2n) is 8.18. The molecule has 3 aromatic rings. The fraction of sp³-hybridized carbons (Fsp3) is 0.375. The smallest absolute Gasteiger partial charge is 0.270 e. The number of fused-ring (bicyclic) bond motifs is 1. The van der Waals surface area contributed by atoms with Crippen LogP contribution in [0.3, 0.4) is 0 Å². The van der Waals surface area contributed by atoms with Crippen molar-refractivity contribution in [3.05, 3.63) is 81.4 Å². The number of pyridine rings is 1. The Kier molecular flexibility index (Phi) is 5.95. The first kappa shape index (κ1) is 20.3. The minimum atomic E-state index is -0.399. The third-order valence-electron chi connectivity index (χ3n) is 5.98. The van der Waals surface area contributed by atoms with Crippen LogP contribution in [0.25, 0.3) is 5.65 Å². The number of aromatic nitrogens is 2. The molecule has 3 heterocycles. The van der Waals surface area contributed by atoms with Gasteiger partial charge in [0, 0.05) is 31.5 Å². The van der Waals surface area contributed by atoms with Gasteiger partial charge in [0.2, 0.25) is 0 Å². The van der Waals surface area contributed by atoms with Gasteiger partial charge in [-0.1, -0.05) is 30.7 Å². The number of rotatable bonds is 5. The average molecular weight is 405 g/mol. The Labute approximate surface area is 176 Å². The predicted octanol–water partition coefficient (Wildman–Crippen LogP) is 3.31. The summed E-state index contributed by atoms with van der Waals surface area (Å²) in [6.07, 6.45) is 6.79. The van der Waals surface area contributed by atoms with Crippen molar-refractivity contribution in [2.75, 3.05) is 6.54 Å². The highest BCUT2D eigenvalue weighted by Gasteiger charge is 2.19. The van der Waals surface area contributed by atoms with Gasteiger partial charge >= 0.3 is 0 Å². The molecule has 1 atom stereocenters. The number of hydrogen-bond donors (Lipinski definition) is 1. The molecular formula is C24H28N4O2. The van der Waals surface area contributed by atoms with Crippen LogP contribution in [0, 0.1) is 6.92 Å². The van der Waals surface area contributed by atoms with Gasteiger partial charge in [0.25, 0.3) is 11.5 Å². The first-order valence-electron chi connectivity index (χ1n) is 10.6. The van der Waals surface area contributed by atoms with Crippen LogP contribution < -0.4 is 10.9 Å². The van der Waals surface area contributed by atoms with Crippen LogP contribution in [-0.2, 0) is 13.1 Å². The lowest BCUT2D eigenvalue weighted by Gasteiger charge is -2.33. The third kappa shape index (κ3) is 4.28. The van der Waals surface area contributed by atoms with Crippen LogP contribution in [0.15, 0.2) is 53.6 Å². The standard InChI is InChI=1S/C24H28N4O2/c1-17-10-12-28-22(13-17)25-15-21(24(28)30)23(29)26-14-19-8-3-4-9-20(19)16-27-11-6-5-7-18(27)2/h3-4,8-10,12-13,15,18H,5-7,11,14,16H2,1-2H3,(H,26,29)/t18-/m0/s1. The van der Waals surface area contributed by atoms with Gasteiger partial charge in [0.05, 0.1) is 0 Å². The lowest BCUT2D eigenvalue weighted by Crippen LogP contribution is -2.37. The predicted molar refractivity (Wildman–Crippen MR) is 118 cm³/mol. The number of aryl methyl sites for hydroxylation is 1. The molecule has 6 heteroatoms. The van der Waals surface area contributed by atoms with Crippen molar-refractivity contribution >= 4 is 11.6 Å². The molecule has 0 saturated carbocycles. The van der Waals surface area contributed by atoms with Crippen LogP contribution in [0.5, 0.6) is 0 Å². The number of benzene rings is 1. The minimum Gasteiger partial charge on any atom is -0.348 e. The molecule has 0 bridgehead atoms. The summed E-state index contributed by atoms with van der Waals surface area (Å²) in [5.74, 6) is -0.399. The topological polar surface area (TPSA) is 66.7 Å². The van der Waals surface area contributed by atoms with E-state index in [0.717, 1.165) is 24.2 Å². The molecule has 0 radical (unpaired) electrons. The number of hydrogen-bond acceptors (Lipinski definition) is 4. The molecule has 6 nitrogen and oxygen atoms in total. The molecule has 0 unspecified atom stereocenters. The van der Waals surface area contributed by atoms with E-state index in [1.165, 1.54) is 35.4 Å². The number of piperidine rings is 1. The van der Waals surface area contributed by atoms with Gasteiger partial charge in [-0.25, -0.2) is 4.98 Å². The monoisotopic (exact) mass is 404 g/mol. The third-order valence-corrected chi connectivity index (χ3v) is 5.98. The molecule has 0 aliphatic carbocycles. The van der Waals surface area contributed by atoms with Gasteiger partial charge in [-0.05, 0) is 62.1 Å². The van der Waals surface area contributed by atoms with Crippen LogP contribution in [0.1, 0.15) is 53.2 Å². The van der Waals surface area contributed by atoms with Crippen LogP contribution in [-0.4, -0.2) is 32.8 Å². The van der Waals surface area contributed by atoms with Crippen molar-refractivity contribution in [2.24, 2.45) is 0 Å². The fourth-order valence-corrected chi connectivity index (χ4v) is 4.10. The molecule has 4 rings (SSSR count). The van der Waals surface area contributed by atoms with E-state index in [-0.39, 0.29) is 11.1 Å². The molecule has 1 N–H and O–H groups in total. The maximum Gasteiger partial charge on any atom is 0.270 e. The molecule has 156 valence electrons. The minimum absolute atomic E-state index is 0.0542. The summed E-state index contributed by atoms with van der Waals surface area (Å²) in [6, 6.07) is 12.4. The zero-order valence-electron chi connectivity index (χ0n) is 17.6. The van der Waals surface area contributed by atoms with Gasteiger partial charge in [0.1, 0.15) is 11.2 Å². The molecule has 30 heavy (non-hydrogen) atoms. The fourth-order valence-electron chi connectivity index (χ4n) is 4.10. The van der Waals surface area contributed by atoms with Crippen molar-refractivity contribution in [1.29, 1.82) is 0 Å². The van der Waals surface area contributed by atoms with Gasteiger partial charge < -0.3 is 5.32 Å². The van der Waals surface area contributed by atoms with Crippen molar-refractivity contribution in [2.45, 2.75) is 52.2 Å². The van der Waals surface area contributed by atoms with E-state index in [0.29, 0.717) is 18.2 Å². The van der Waals surface area contributed by atoms with Gasteiger partial charge in [-0.15, -0.1) is 0 Å². The molecular weight excluding hydrogens is 376 g/mol. The van der Waals surface area contributed by atoms with Crippen LogP contribution in [0.4, 0.5) is 0 Å². The maximum atomic E-state index is 12.7. The molecule has 1 aliphatic heterocycles. The van der Waals surface area contributed by atoms with Crippen LogP contribution >= 0.6 is 0 Å². The van der Waals surface area contributed by atoms with Crippen molar-refractivity contribution in [3.63, 3.8) is 0 Å². The van der Waals surface area contributed by atoms with E-state index in [1.54, 1.807) is 6.20 Å². The second kappa shape index (κ2) is 8.79. The van der Waals surface area contributed by atoms with Gasteiger partial charge in [-0.3, -0.25) is 18.9 Å².